The second-order valence-corrected chi connectivity index (χ2v) is 6.15. The number of methoxy groups -OCH3 is 1. The van der Waals surface area contributed by atoms with Gasteiger partial charge in [-0.1, -0.05) is 30.3 Å². The van der Waals surface area contributed by atoms with Crippen molar-refractivity contribution in [3.63, 3.8) is 0 Å². The molecule has 3 rings (SSSR count). The highest BCUT2D eigenvalue weighted by Crippen LogP contribution is 2.23. The number of benzene rings is 1. The predicted octanol–water partition coefficient (Wildman–Crippen LogP) is 2.76. The standard InChI is InChI=1S/C21H22N4O/c1-23-14-16-5-3-15(4-6-16)11-18-7-8-20(26-2)21(25-18)17-9-10-24-19(12-17)13-22/h3-10,12,18,23,25H,11,14H2,1-2H3. The summed E-state index contributed by atoms with van der Waals surface area (Å²) in [6.07, 6.45) is 6.60. The second-order valence-electron chi connectivity index (χ2n) is 6.15. The minimum absolute atomic E-state index is 0.151. The van der Waals surface area contributed by atoms with E-state index in [9.17, 15) is 0 Å². The van der Waals surface area contributed by atoms with Crippen molar-refractivity contribution >= 4 is 5.70 Å². The topological polar surface area (TPSA) is 70.0 Å². The van der Waals surface area contributed by atoms with Crippen LogP contribution in [0.1, 0.15) is 22.4 Å². The lowest BCUT2D eigenvalue weighted by molar-refractivity contribution is 0.304. The number of aromatic nitrogens is 1. The minimum atomic E-state index is 0.151. The Morgan fingerprint density at radius 1 is 1.23 bits per heavy atom. The Balaban J connectivity index is 1.77. The molecule has 26 heavy (non-hydrogen) atoms. The molecule has 0 saturated carbocycles. The molecule has 0 radical (unpaired) electrons. The molecule has 5 nitrogen and oxygen atoms in total. The number of ether oxygens (including phenoxy) is 1. The van der Waals surface area contributed by atoms with Crippen molar-refractivity contribution in [1.82, 2.24) is 15.6 Å². The fourth-order valence-corrected chi connectivity index (χ4v) is 3.00. The fraction of sp³-hybridized carbons (Fsp3) is 0.238. The Morgan fingerprint density at radius 2 is 2.00 bits per heavy atom. The predicted molar refractivity (Wildman–Crippen MR) is 102 cm³/mol. The van der Waals surface area contributed by atoms with Gasteiger partial charge in [-0.2, -0.15) is 5.26 Å². The minimum Gasteiger partial charge on any atom is -0.495 e. The SMILES string of the molecule is CNCc1ccc(CC2C=CC(OC)=C(c3ccnc(C#N)c3)N2)cc1. The van der Waals surface area contributed by atoms with Crippen LogP contribution in [0.5, 0.6) is 0 Å². The molecular formula is C21H22N4O. The van der Waals surface area contributed by atoms with E-state index in [1.807, 2.05) is 19.2 Å². The summed E-state index contributed by atoms with van der Waals surface area (Å²) in [6.45, 7) is 0.870. The molecule has 2 aromatic rings. The molecule has 1 aliphatic rings. The van der Waals surface area contributed by atoms with Crippen molar-refractivity contribution in [3.05, 3.63) is 82.9 Å². The average Bonchev–Trinajstić information content (AvgIpc) is 2.69. The van der Waals surface area contributed by atoms with Gasteiger partial charge in [-0.15, -0.1) is 0 Å². The van der Waals surface area contributed by atoms with Crippen LogP contribution in [0.15, 0.2) is 60.5 Å². The maximum atomic E-state index is 9.09. The van der Waals surface area contributed by atoms with Gasteiger partial charge in [0.1, 0.15) is 17.5 Å². The normalized spacial score (nSPS) is 16.1. The summed E-state index contributed by atoms with van der Waals surface area (Å²) in [7, 11) is 3.59. The van der Waals surface area contributed by atoms with Crippen LogP contribution in [0.2, 0.25) is 0 Å². The van der Waals surface area contributed by atoms with Crippen LogP contribution in [0.25, 0.3) is 5.70 Å². The number of nitrogens with one attached hydrogen (secondary N) is 2. The first-order valence-corrected chi connectivity index (χ1v) is 8.55. The highest BCUT2D eigenvalue weighted by Gasteiger charge is 2.18. The number of pyridine rings is 1. The smallest absolute Gasteiger partial charge is 0.142 e. The molecular weight excluding hydrogens is 324 g/mol. The number of nitrogens with zero attached hydrogens (tertiary/aromatic N) is 2. The van der Waals surface area contributed by atoms with Crippen LogP contribution in [0.4, 0.5) is 0 Å². The summed E-state index contributed by atoms with van der Waals surface area (Å²) in [4.78, 5) is 4.04. The van der Waals surface area contributed by atoms with Crippen LogP contribution < -0.4 is 10.6 Å². The van der Waals surface area contributed by atoms with Gasteiger partial charge in [0.25, 0.3) is 0 Å². The Morgan fingerprint density at radius 3 is 2.69 bits per heavy atom. The van der Waals surface area contributed by atoms with E-state index in [1.54, 1.807) is 19.4 Å². The van der Waals surface area contributed by atoms with Crippen molar-refractivity contribution in [1.29, 1.82) is 5.26 Å². The molecule has 5 heteroatoms. The van der Waals surface area contributed by atoms with E-state index in [4.69, 9.17) is 10.00 Å². The zero-order chi connectivity index (χ0) is 18.4. The molecule has 2 heterocycles. The molecule has 1 aliphatic heterocycles. The van der Waals surface area contributed by atoms with Crippen LogP contribution in [-0.2, 0) is 17.7 Å². The third kappa shape index (κ3) is 4.11. The summed E-state index contributed by atoms with van der Waals surface area (Å²) in [5, 5.41) is 15.8. The van der Waals surface area contributed by atoms with Gasteiger partial charge in [0.15, 0.2) is 0 Å². The van der Waals surface area contributed by atoms with E-state index in [-0.39, 0.29) is 6.04 Å². The summed E-state index contributed by atoms with van der Waals surface area (Å²) in [5.41, 5.74) is 4.70. The highest BCUT2D eigenvalue weighted by atomic mass is 16.5. The third-order valence-electron chi connectivity index (χ3n) is 4.30. The largest absolute Gasteiger partial charge is 0.495 e. The van der Waals surface area contributed by atoms with Crippen molar-refractivity contribution in [2.24, 2.45) is 0 Å². The van der Waals surface area contributed by atoms with Gasteiger partial charge in [0.05, 0.1) is 12.8 Å². The van der Waals surface area contributed by atoms with E-state index in [0.29, 0.717) is 5.69 Å². The van der Waals surface area contributed by atoms with Crippen molar-refractivity contribution in [2.75, 3.05) is 14.2 Å². The van der Waals surface area contributed by atoms with Gasteiger partial charge in [0, 0.05) is 24.3 Å². The number of dihydropyridines is 1. The van der Waals surface area contributed by atoms with Crippen LogP contribution >= 0.6 is 0 Å². The number of hydrogen-bond donors (Lipinski definition) is 2. The number of nitriles is 1. The quantitative estimate of drug-likeness (QED) is 0.842. The first-order valence-electron chi connectivity index (χ1n) is 8.55. The van der Waals surface area contributed by atoms with E-state index >= 15 is 0 Å². The molecule has 132 valence electrons. The van der Waals surface area contributed by atoms with Gasteiger partial charge in [0.2, 0.25) is 0 Å². The van der Waals surface area contributed by atoms with Gasteiger partial charge in [-0.05, 0) is 42.8 Å². The Kier molecular flexibility index (Phi) is 5.67. The van der Waals surface area contributed by atoms with Crippen LogP contribution in [0, 0.1) is 11.3 Å². The van der Waals surface area contributed by atoms with Crippen molar-refractivity contribution in [2.45, 2.75) is 19.0 Å². The highest BCUT2D eigenvalue weighted by molar-refractivity contribution is 5.70. The van der Waals surface area contributed by atoms with Crippen LogP contribution in [-0.4, -0.2) is 25.2 Å². The average molecular weight is 346 g/mol. The lowest BCUT2D eigenvalue weighted by Gasteiger charge is -2.25. The molecule has 0 fully saturated rings. The van der Waals surface area contributed by atoms with E-state index < -0.39 is 0 Å². The Bertz CT molecular complexity index is 862. The summed E-state index contributed by atoms with van der Waals surface area (Å²) in [6, 6.07) is 14.5. The number of rotatable bonds is 6. The molecule has 0 amide bonds. The molecule has 0 saturated heterocycles. The maximum Gasteiger partial charge on any atom is 0.142 e. The van der Waals surface area contributed by atoms with E-state index in [0.717, 1.165) is 30.0 Å². The molecule has 1 unspecified atom stereocenters. The lowest BCUT2D eigenvalue weighted by atomic mass is 9.99. The summed E-state index contributed by atoms with van der Waals surface area (Å²) in [5.74, 6) is 0.751. The molecule has 0 bridgehead atoms. The molecule has 1 aromatic heterocycles. The Labute approximate surface area is 154 Å². The van der Waals surface area contributed by atoms with Gasteiger partial charge >= 0.3 is 0 Å². The first-order chi connectivity index (χ1) is 12.7. The molecule has 1 atom stereocenters. The molecule has 2 N–H and O–H groups in total. The van der Waals surface area contributed by atoms with Gasteiger partial charge < -0.3 is 15.4 Å². The molecule has 1 aromatic carbocycles. The lowest BCUT2D eigenvalue weighted by Crippen LogP contribution is -2.31. The van der Waals surface area contributed by atoms with Crippen molar-refractivity contribution in [3.8, 4) is 6.07 Å². The van der Waals surface area contributed by atoms with Gasteiger partial charge in [-0.3, -0.25) is 0 Å². The monoisotopic (exact) mass is 346 g/mol. The van der Waals surface area contributed by atoms with Crippen LogP contribution in [0.3, 0.4) is 0 Å². The first kappa shape index (κ1) is 17.7. The number of hydrogen-bond acceptors (Lipinski definition) is 5. The molecule has 0 aliphatic carbocycles. The summed E-state index contributed by atoms with van der Waals surface area (Å²) >= 11 is 0. The van der Waals surface area contributed by atoms with Crippen molar-refractivity contribution < 1.29 is 4.74 Å². The third-order valence-corrected chi connectivity index (χ3v) is 4.30. The zero-order valence-electron chi connectivity index (χ0n) is 15.0. The maximum absolute atomic E-state index is 9.09. The summed E-state index contributed by atoms with van der Waals surface area (Å²) < 4.78 is 5.49. The molecule has 0 spiro atoms. The zero-order valence-corrected chi connectivity index (χ0v) is 15.0. The van der Waals surface area contributed by atoms with Gasteiger partial charge in [-0.25, -0.2) is 4.98 Å². The fourth-order valence-electron chi connectivity index (χ4n) is 3.00. The number of allylic oxidation sites excluding steroid dienone is 1. The van der Waals surface area contributed by atoms with E-state index in [1.165, 1.54) is 11.1 Å². The van der Waals surface area contributed by atoms with E-state index in [2.05, 4.69) is 52.0 Å². The second kappa shape index (κ2) is 8.32. The Hall–Kier alpha value is -3.10.